The highest BCUT2D eigenvalue weighted by molar-refractivity contribution is 5.97. The van der Waals surface area contributed by atoms with Crippen molar-refractivity contribution in [3.63, 3.8) is 0 Å². The van der Waals surface area contributed by atoms with Gasteiger partial charge in [-0.1, -0.05) is 18.2 Å². The molecule has 0 spiro atoms. The van der Waals surface area contributed by atoms with E-state index in [1.54, 1.807) is 24.1 Å². The summed E-state index contributed by atoms with van der Waals surface area (Å²) < 4.78 is 9.84. The fraction of sp³-hybridized carbons (Fsp3) is 0.318. The van der Waals surface area contributed by atoms with Gasteiger partial charge in [0.1, 0.15) is 18.0 Å². The van der Waals surface area contributed by atoms with Crippen molar-refractivity contribution in [2.45, 2.75) is 6.42 Å². The summed E-state index contributed by atoms with van der Waals surface area (Å²) in [6, 6.07) is 13.5. The van der Waals surface area contributed by atoms with Crippen molar-refractivity contribution in [1.82, 2.24) is 10.2 Å². The Bertz CT molecular complexity index is 952. The van der Waals surface area contributed by atoms with Crippen LogP contribution in [0.1, 0.15) is 15.9 Å². The second-order valence-electron chi connectivity index (χ2n) is 7.28. The number of phenolic OH excluding ortho intramolecular Hbond substituents is 1. The molecule has 1 fully saturated rings. The van der Waals surface area contributed by atoms with Gasteiger partial charge >= 0.3 is 5.97 Å². The second-order valence-corrected chi connectivity index (χ2v) is 7.28. The van der Waals surface area contributed by atoms with Crippen LogP contribution in [0.2, 0.25) is 0 Å². The average Bonchev–Trinajstić information content (AvgIpc) is 2.73. The largest absolute Gasteiger partial charge is 0.508 e. The number of hydrogen-bond donors (Lipinski definition) is 2. The lowest BCUT2D eigenvalue weighted by Crippen LogP contribution is -2.65. The summed E-state index contributed by atoms with van der Waals surface area (Å²) in [5.74, 6) is -0.472. The molecule has 2 aromatic rings. The minimum atomic E-state index is -0.882. The van der Waals surface area contributed by atoms with Crippen LogP contribution < -0.4 is 10.1 Å². The number of esters is 1. The van der Waals surface area contributed by atoms with Crippen molar-refractivity contribution in [3.05, 3.63) is 59.7 Å². The summed E-state index contributed by atoms with van der Waals surface area (Å²) in [4.78, 5) is 38.7. The molecule has 30 heavy (non-hydrogen) atoms. The summed E-state index contributed by atoms with van der Waals surface area (Å²) in [5.41, 5.74) is 0.347. The highest BCUT2D eigenvalue weighted by atomic mass is 16.5. The third kappa shape index (κ3) is 4.53. The number of likely N-dealkylation sites (tertiary alicyclic amines) is 1. The fourth-order valence-electron chi connectivity index (χ4n) is 3.57. The van der Waals surface area contributed by atoms with Gasteiger partial charge in [-0.05, 0) is 42.3 Å². The molecule has 0 bridgehead atoms. The van der Waals surface area contributed by atoms with Crippen molar-refractivity contribution in [3.8, 4) is 11.5 Å². The first-order chi connectivity index (χ1) is 14.4. The molecule has 0 saturated carbocycles. The molecule has 0 aliphatic carbocycles. The van der Waals surface area contributed by atoms with Crippen LogP contribution in [0.15, 0.2) is 48.5 Å². The van der Waals surface area contributed by atoms with Crippen LogP contribution >= 0.6 is 0 Å². The van der Waals surface area contributed by atoms with Gasteiger partial charge in [-0.3, -0.25) is 14.4 Å². The maximum atomic E-state index is 13.0. The molecule has 2 aromatic carbocycles. The zero-order valence-corrected chi connectivity index (χ0v) is 16.9. The van der Waals surface area contributed by atoms with Crippen LogP contribution in [0.5, 0.6) is 11.5 Å². The number of ether oxygens (including phenoxy) is 2. The van der Waals surface area contributed by atoms with Gasteiger partial charge in [-0.15, -0.1) is 0 Å². The third-order valence-electron chi connectivity index (χ3n) is 5.15. The van der Waals surface area contributed by atoms with E-state index in [0.29, 0.717) is 17.7 Å². The van der Waals surface area contributed by atoms with E-state index in [1.807, 2.05) is 24.3 Å². The average molecular weight is 412 g/mol. The molecule has 2 amide bonds. The van der Waals surface area contributed by atoms with Crippen LogP contribution in [-0.4, -0.2) is 61.6 Å². The SMILES string of the molecule is COC(=O)CNC(=O)C1(Cc2cccc(OC)c2)CN(C(=O)c2cccc(O)c2)C1. The molecule has 8 heteroatoms. The molecule has 3 rings (SSSR count). The van der Waals surface area contributed by atoms with Crippen molar-refractivity contribution >= 4 is 17.8 Å². The monoisotopic (exact) mass is 412 g/mol. The van der Waals surface area contributed by atoms with Gasteiger partial charge in [0.15, 0.2) is 0 Å². The normalized spacial score (nSPS) is 14.4. The Balaban J connectivity index is 1.78. The number of phenols is 1. The summed E-state index contributed by atoms with van der Waals surface area (Å²) in [6.45, 7) is 0.132. The molecule has 0 radical (unpaired) electrons. The third-order valence-corrected chi connectivity index (χ3v) is 5.15. The minimum Gasteiger partial charge on any atom is -0.508 e. The number of aromatic hydroxyl groups is 1. The number of carbonyl (C=O) groups is 3. The molecule has 1 aliphatic rings. The summed E-state index contributed by atoms with van der Waals surface area (Å²) in [5, 5.41) is 12.2. The summed E-state index contributed by atoms with van der Waals surface area (Å²) >= 11 is 0. The van der Waals surface area contributed by atoms with Gasteiger partial charge in [0.25, 0.3) is 5.91 Å². The second kappa shape index (κ2) is 8.86. The van der Waals surface area contributed by atoms with E-state index in [-0.39, 0.29) is 37.2 Å². The predicted molar refractivity (Wildman–Crippen MR) is 108 cm³/mol. The number of methoxy groups -OCH3 is 2. The van der Waals surface area contributed by atoms with Crippen molar-refractivity contribution in [2.75, 3.05) is 33.9 Å². The van der Waals surface area contributed by atoms with Crippen LogP contribution in [0, 0.1) is 5.41 Å². The highest BCUT2D eigenvalue weighted by Crippen LogP contribution is 2.36. The Morgan fingerprint density at radius 1 is 1.10 bits per heavy atom. The van der Waals surface area contributed by atoms with Crippen molar-refractivity contribution in [2.24, 2.45) is 5.41 Å². The van der Waals surface area contributed by atoms with E-state index in [9.17, 15) is 19.5 Å². The maximum Gasteiger partial charge on any atom is 0.325 e. The van der Waals surface area contributed by atoms with Crippen molar-refractivity contribution in [1.29, 1.82) is 0 Å². The van der Waals surface area contributed by atoms with E-state index in [4.69, 9.17) is 4.74 Å². The maximum absolute atomic E-state index is 13.0. The van der Waals surface area contributed by atoms with Crippen LogP contribution in [0.4, 0.5) is 0 Å². The van der Waals surface area contributed by atoms with Gasteiger partial charge < -0.3 is 24.8 Å². The Labute approximate surface area is 174 Å². The molecule has 2 N–H and O–H groups in total. The lowest BCUT2D eigenvalue weighted by Gasteiger charge is -2.49. The Kier molecular flexibility index (Phi) is 6.25. The molecular weight excluding hydrogens is 388 g/mol. The number of rotatable bonds is 7. The topological polar surface area (TPSA) is 105 Å². The first kappa shape index (κ1) is 21.2. The van der Waals surface area contributed by atoms with E-state index in [2.05, 4.69) is 10.1 Å². The standard InChI is InChI=1S/C22H24N2O6/c1-29-18-8-3-5-15(9-18)11-22(21(28)23-12-19(26)30-2)13-24(14-22)20(27)16-6-4-7-17(25)10-16/h3-10,25H,11-14H2,1-2H3,(H,23,28). The quantitative estimate of drug-likeness (QED) is 0.666. The molecule has 158 valence electrons. The van der Waals surface area contributed by atoms with Gasteiger partial charge in [0, 0.05) is 18.7 Å². The number of nitrogens with one attached hydrogen (secondary N) is 1. The summed E-state index contributed by atoms with van der Waals surface area (Å²) in [7, 11) is 2.82. The van der Waals surface area contributed by atoms with E-state index < -0.39 is 11.4 Å². The lowest BCUT2D eigenvalue weighted by molar-refractivity contribution is -0.145. The molecule has 8 nitrogen and oxygen atoms in total. The van der Waals surface area contributed by atoms with Crippen LogP contribution in [0.3, 0.4) is 0 Å². The number of amides is 2. The molecule has 1 heterocycles. The molecule has 1 saturated heterocycles. The highest BCUT2D eigenvalue weighted by Gasteiger charge is 2.51. The van der Waals surface area contributed by atoms with E-state index >= 15 is 0 Å². The number of nitrogens with zero attached hydrogens (tertiary/aromatic N) is 1. The smallest absolute Gasteiger partial charge is 0.325 e. The Morgan fingerprint density at radius 2 is 1.83 bits per heavy atom. The van der Waals surface area contributed by atoms with Crippen LogP contribution in [-0.2, 0) is 20.7 Å². The predicted octanol–water partition coefficient (Wildman–Crippen LogP) is 1.37. The first-order valence-electron chi connectivity index (χ1n) is 9.43. The number of hydrogen-bond acceptors (Lipinski definition) is 6. The first-order valence-corrected chi connectivity index (χ1v) is 9.43. The molecule has 0 unspecified atom stereocenters. The minimum absolute atomic E-state index is 0.000150. The fourth-order valence-corrected chi connectivity index (χ4v) is 3.57. The van der Waals surface area contributed by atoms with Gasteiger partial charge in [-0.2, -0.15) is 0 Å². The van der Waals surface area contributed by atoms with Gasteiger partial charge in [0.05, 0.1) is 19.6 Å². The van der Waals surface area contributed by atoms with Crippen molar-refractivity contribution < 1.29 is 29.0 Å². The van der Waals surface area contributed by atoms with E-state index in [1.165, 1.54) is 19.2 Å². The van der Waals surface area contributed by atoms with E-state index in [0.717, 1.165) is 5.56 Å². The Hall–Kier alpha value is -3.55. The van der Waals surface area contributed by atoms with Gasteiger partial charge in [0.2, 0.25) is 5.91 Å². The Morgan fingerprint density at radius 3 is 2.50 bits per heavy atom. The van der Waals surface area contributed by atoms with Crippen LogP contribution in [0.25, 0.3) is 0 Å². The zero-order valence-electron chi connectivity index (χ0n) is 16.9. The molecule has 1 aliphatic heterocycles. The molecular formula is C22H24N2O6. The molecule has 0 aromatic heterocycles. The van der Waals surface area contributed by atoms with Gasteiger partial charge in [-0.25, -0.2) is 0 Å². The number of benzene rings is 2. The lowest BCUT2D eigenvalue weighted by atomic mass is 9.73. The molecule has 0 atom stereocenters. The summed E-state index contributed by atoms with van der Waals surface area (Å²) in [6.07, 6.45) is 0.376. The zero-order chi connectivity index (χ0) is 21.7. The number of carbonyl (C=O) groups excluding carboxylic acids is 3.